The van der Waals surface area contributed by atoms with Gasteiger partial charge in [-0.1, -0.05) is 12.1 Å². The molecule has 0 radical (unpaired) electrons. The lowest BCUT2D eigenvalue weighted by Crippen LogP contribution is -2.32. The molecule has 0 bridgehead atoms. The van der Waals surface area contributed by atoms with Gasteiger partial charge in [0, 0.05) is 12.6 Å². The number of carbonyl (C=O) groups excluding carboxylic acids is 2. The van der Waals surface area contributed by atoms with Crippen LogP contribution in [-0.4, -0.2) is 24.0 Å². The molecule has 158 valence electrons. The van der Waals surface area contributed by atoms with Crippen molar-refractivity contribution < 1.29 is 32.3 Å². The number of aliphatic hydroxyl groups is 1. The number of nitrogens with one attached hydrogen (secondary N) is 1. The van der Waals surface area contributed by atoms with E-state index in [1.807, 2.05) is 0 Å². The zero-order valence-corrected chi connectivity index (χ0v) is 16.1. The topological polar surface area (TPSA) is 69.6 Å². The summed E-state index contributed by atoms with van der Waals surface area (Å²) in [7, 11) is 1.31. The van der Waals surface area contributed by atoms with Gasteiger partial charge < -0.3 is 15.3 Å². The van der Waals surface area contributed by atoms with Crippen LogP contribution in [0.25, 0.3) is 5.76 Å². The highest BCUT2D eigenvalue weighted by atomic mass is 19.4. The van der Waals surface area contributed by atoms with E-state index in [9.17, 15) is 32.3 Å². The van der Waals surface area contributed by atoms with E-state index >= 15 is 0 Å². The van der Waals surface area contributed by atoms with E-state index in [-0.39, 0.29) is 23.4 Å². The quantitative estimate of drug-likeness (QED) is 0.732. The molecule has 2 amide bonds. The fraction of sp³-hybridized carbons (Fsp3) is 0.238. The van der Waals surface area contributed by atoms with Crippen molar-refractivity contribution in [1.29, 1.82) is 0 Å². The number of likely N-dealkylation sites (N-methyl/N-ethyl adjacent to an activating group) is 1. The fourth-order valence-corrected chi connectivity index (χ4v) is 3.26. The third kappa shape index (κ3) is 4.00. The first kappa shape index (κ1) is 21.4. The molecule has 0 atom stereocenters. The van der Waals surface area contributed by atoms with Crippen molar-refractivity contribution in [1.82, 2.24) is 5.32 Å². The third-order valence-corrected chi connectivity index (χ3v) is 4.85. The standard InChI is InChI=1S/C21H18F4N2O3/c1-11-7-12(3-6-16(11)22)10-27-17-8-13(21(23,24)25)4-5-14(17)19(29)15(9-18(27)28)20(30)26-2/h3-8,29H,9-10H2,1-2H3,(H,26,30). The van der Waals surface area contributed by atoms with Gasteiger partial charge in [0.05, 0.1) is 29.8 Å². The number of aryl methyl sites for hydroxylation is 1. The van der Waals surface area contributed by atoms with E-state index in [1.165, 1.54) is 32.2 Å². The van der Waals surface area contributed by atoms with E-state index < -0.39 is 41.6 Å². The molecular weight excluding hydrogens is 404 g/mol. The average molecular weight is 422 g/mol. The molecule has 0 fully saturated rings. The zero-order valence-electron chi connectivity index (χ0n) is 16.1. The zero-order chi connectivity index (χ0) is 22.2. The molecule has 0 aliphatic carbocycles. The lowest BCUT2D eigenvalue weighted by Gasteiger charge is -2.24. The summed E-state index contributed by atoms with van der Waals surface area (Å²) >= 11 is 0. The summed E-state index contributed by atoms with van der Waals surface area (Å²) in [5, 5.41) is 12.9. The second-order valence-corrected chi connectivity index (χ2v) is 6.88. The Morgan fingerprint density at radius 1 is 1.20 bits per heavy atom. The molecule has 5 nitrogen and oxygen atoms in total. The first-order valence-corrected chi connectivity index (χ1v) is 8.94. The van der Waals surface area contributed by atoms with Gasteiger partial charge in [-0.3, -0.25) is 9.59 Å². The summed E-state index contributed by atoms with van der Waals surface area (Å²) in [6.45, 7) is 1.36. The van der Waals surface area contributed by atoms with Crippen molar-refractivity contribution in [3.8, 4) is 0 Å². The molecule has 9 heteroatoms. The summed E-state index contributed by atoms with van der Waals surface area (Å²) in [5.41, 5.74) is -0.731. The van der Waals surface area contributed by atoms with Crippen molar-refractivity contribution in [2.75, 3.05) is 11.9 Å². The number of hydrogen-bond donors (Lipinski definition) is 2. The monoisotopic (exact) mass is 422 g/mol. The van der Waals surface area contributed by atoms with Crippen LogP contribution in [0.1, 0.15) is 28.7 Å². The third-order valence-electron chi connectivity index (χ3n) is 4.85. The number of carbonyl (C=O) groups is 2. The Labute approximate surface area is 169 Å². The number of benzene rings is 2. The van der Waals surface area contributed by atoms with Crippen LogP contribution in [-0.2, 0) is 22.3 Å². The molecule has 1 heterocycles. The number of amides is 2. The summed E-state index contributed by atoms with van der Waals surface area (Å²) in [6, 6.07) is 6.65. The molecular formula is C21H18F4N2O3. The number of aliphatic hydroxyl groups excluding tert-OH is 1. The van der Waals surface area contributed by atoms with Crippen molar-refractivity contribution in [2.45, 2.75) is 26.1 Å². The Morgan fingerprint density at radius 2 is 1.90 bits per heavy atom. The maximum Gasteiger partial charge on any atom is 0.416 e. The number of nitrogens with zero attached hydrogens (tertiary/aromatic N) is 1. The minimum Gasteiger partial charge on any atom is -0.507 e. The second kappa shape index (κ2) is 7.81. The molecule has 2 N–H and O–H groups in total. The van der Waals surface area contributed by atoms with Crippen LogP contribution in [0.3, 0.4) is 0 Å². The summed E-state index contributed by atoms with van der Waals surface area (Å²) < 4.78 is 53.4. The molecule has 0 saturated carbocycles. The van der Waals surface area contributed by atoms with Crippen LogP contribution < -0.4 is 10.2 Å². The minimum atomic E-state index is -4.68. The number of fused-ring (bicyclic) bond motifs is 1. The van der Waals surface area contributed by atoms with Gasteiger partial charge >= 0.3 is 6.18 Å². The van der Waals surface area contributed by atoms with Crippen LogP contribution in [0.15, 0.2) is 42.0 Å². The van der Waals surface area contributed by atoms with Crippen molar-refractivity contribution in [3.05, 3.63) is 70.0 Å². The number of halogens is 4. The average Bonchev–Trinajstić information content (AvgIpc) is 2.79. The Morgan fingerprint density at radius 3 is 2.50 bits per heavy atom. The molecule has 30 heavy (non-hydrogen) atoms. The highest BCUT2D eigenvalue weighted by molar-refractivity contribution is 6.10. The molecule has 1 aliphatic rings. The van der Waals surface area contributed by atoms with Crippen LogP contribution >= 0.6 is 0 Å². The molecule has 0 spiro atoms. The predicted octanol–water partition coefficient (Wildman–Crippen LogP) is 4.10. The smallest absolute Gasteiger partial charge is 0.416 e. The van der Waals surface area contributed by atoms with Crippen molar-refractivity contribution in [2.24, 2.45) is 0 Å². The van der Waals surface area contributed by atoms with Crippen LogP contribution in [0.4, 0.5) is 23.2 Å². The van der Waals surface area contributed by atoms with Gasteiger partial charge in [0.15, 0.2) is 0 Å². The highest BCUT2D eigenvalue weighted by Gasteiger charge is 2.35. The van der Waals surface area contributed by atoms with E-state index in [4.69, 9.17) is 0 Å². The second-order valence-electron chi connectivity index (χ2n) is 6.88. The van der Waals surface area contributed by atoms with E-state index in [2.05, 4.69) is 5.32 Å². The van der Waals surface area contributed by atoms with Gasteiger partial charge in [-0.15, -0.1) is 0 Å². The Balaban J connectivity index is 2.17. The molecule has 1 aliphatic heterocycles. The molecule has 2 aromatic rings. The van der Waals surface area contributed by atoms with Crippen molar-refractivity contribution in [3.63, 3.8) is 0 Å². The molecule has 0 saturated heterocycles. The van der Waals surface area contributed by atoms with Gasteiger partial charge in [-0.25, -0.2) is 4.39 Å². The van der Waals surface area contributed by atoms with Crippen LogP contribution in [0, 0.1) is 12.7 Å². The number of anilines is 1. The van der Waals surface area contributed by atoms with Gasteiger partial charge in [-0.2, -0.15) is 13.2 Å². The van der Waals surface area contributed by atoms with Crippen LogP contribution in [0.5, 0.6) is 0 Å². The van der Waals surface area contributed by atoms with Crippen LogP contribution in [0.2, 0.25) is 0 Å². The van der Waals surface area contributed by atoms with Gasteiger partial charge in [0.2, 0.25) is 5.91 Å². The number of rotatable bonds is 3. The Bertz CT molecular complexity index is 1060. The molecule has 0 aromatic heterocycles. The summed E-state index contributed by atoms with van der Waals surface area (Å²) in [6.07, 6.45) is -5.19. The maximum absolute atomic E-state index is 13.6. The van der Waals surface area contributed by atoms with Gasteiger partial charge in [-0.05, 0) is 42.3 Å². The normalized spacial score (nSPS) is 14.5. The largest absolute Gasteiger partial charge is 0.507 e. The maximum atomic E-state index is 13.6. The van der Waals surface area contributed by atoms with E-state index in [0.717, 1.165) is 23.1 Å². The van der Waals surface area contributed by atoms with Crippen molar-refractivity contribution >= 4 is 23.3 Å². The molecule has 3 rings (SSSR count). The van der Waals surface area contributed by atoms with Gasteiger partial charge in [0.1, 0.15) is 11.6 Å². The molecule has 2 aromatic carbocycles. The lowest BCUT2D eigenvalue weighted by molar-refractivity contribution is -0.137. The minimum absolute atomic E-state index is 0.0775. The van der Waals surface area contributed by atoms with E-state index in [0.29, 0.717) is 11.1 Å². The van der Waals surface area contributed by atoms with E-state index in [1.54, 1.807) is 0 Å². The Hall–Kier alpha value is -3.36. The summed E-state index contributed by atoms with van der Waals surface area (Å²) in [5.74, 6) is -2.42. The lowest BCUT2D eigenvalue weighted by atomic mass is 10.0. The highest BCUT2D eigenvalue weighted by Crippen LogP contribution is 2.39. The number of hydrogen-bond acceptors (Lipinski definition) is 3. The first-order chi connectivity index (χ1) is 14.0. The molecule has 0 unspecified atom stereocenters. The summed E-state index contributed by atoms with van der Waals surface area (Å²) in [4.78, 5) is 26.1. The SMILES string of the molecule is CNC(=O)C1=C(O)c2ccc(C(F)(F)F)cc2N(Cc2ccc(F)c(C)c2)C(=O)C1. The fourth-order valence-electron chi connectivity index (χ4n) is 3.26. The first-order valence-electron chi connectivity index (χ1n) is 8.94. The Kier molecular flexibility index (Phi) is 5.56. The van der Waals surface area contributed by atoms with Gasteiger partial charge in [0.25, 0.3) is 5.91 Å². The number of alkyl halides is 3. The predicted molar refractivity (Wildman–Crippen MR) is 102 cm³/mol.